The zero-order valence-electron chi connectivity index (χ0n) is 10.6. The number of nitrogens with two attached hydrogens (primary N) is 1. The standard InChI is InChI=1S/C13H18ClN3O/c1-9(2)17(7-11-8-18-13(15)16-11)12-5-3-10(14)4-6-12/h3-6,9,11H,7-8H2,1-2H3,(H2,15,16)/t11-/m1/s1. The molecule has 1 aliphatic rings. The van der Waals surface area contributed by atoms with E-state index >= 15 is 0 Å². The fourth-order valence-electron chi connectivity index (χ4n) is 2.00. The van der Waals surface area contributed by atoms with Crippen molar-refractivity contribution < 1.29 is 4.74 Å². The SMILES string of the molecule is CC(C)N(C[C@@H]1COC(N)=N1)c1ccc(Cl)cc1. The third-order valence-electron chi connectivity index (χ3n) is 2.92. The van der Waals surface area contributed by atoms with Gasteiger partial charge in [0.25, 0.3) is 6.02 Å². The van der Waals surface area contributed by atoms with Crippen molar-refractivity contribution in [1.29, 1.82) is 0 Å². The minimum atomic E-state index is 0.100. The lowest BCUT2D eigenvalue weighted by atomic mass is 10.2. The van der Waals surface area contributed by atoms with Gasteiger partial charge in [-0.25, -0.2) is 4.99 Å². The molecule has 2 rings (SSSR count). The summed E-state index contributed by atoms with van der Waals surface area (Å²) < 4.78 is 5.18. The van der Waals surface area contributed by atoms with E-state index < -0.39 is 0 Å². The first kappa shape index (κ1) is 13.0. The fraction of sp³-hybridized carbons (Fsp3) is 0.462. The topological polar surface area (TPSA) is 50.9 Å². The Morgan fingerprint density at radius 2 is 2.11 bits per heavy atom. The molecule has 1 aromatic carbocycles. The van der Waals surface area contributed by atoms with Gasteiger partial charge in [0, 0.05) is 23.3 Å². The summed E-state index contributed by atoms with van der Waals surface area (Å²) in [6.07, 6.45) is 0. The van der Waals surface area contributed by atoms with Gasteiger partial charge in [-0.15, -0.1) is 0 Å². The van der Waals surface area contributed by atoms with Crippen molar-refractivity contribution in [1.82, 2.24) is 0 Å². The van der Waals surface area contributed by atoms with Crippen molar-refractivity contribution in [2.24, 2.45) is 10.7 Å². The molecule has 0 aliphatic carbocycles. The lowest BCUT2D eigenvalue weighted by Gasteiger charge is -2.30. The van der Waals surface area contributed by atoms with Crippen molar-refractivity contribution in [3.63, 3.8) is 0 Å². The minimum Gasteiger partial charge on any atom is -0.463 e. The molecule has 1 heterocycles. The zero-order valence-corrected chi connectivity index (χ0v) is 11.4. The molecule has 0 radical (unpaired) electrons. The molecule has 0 spiro atoms. The van der Waals surface area contributed by atoms with Gasteiger partial charge in [0.05, 0.1) is 0 Å². The van der Waals surface area contributed by atoms with Crippen LogP contribution in [0, 0.1) is 0 Å². The second kappa shape index (κ2) is 5.48. The first-order valence-electron chi connectivity index (χ1n) is 6.04. The normalized spacial score (nSPS) is 18.7. The summed E-state index contributed by atoms with van der Waals surface area (Å²) in [4.78, 5) is 6.53. The van der Waals surface area contributed by atoms with E-state index in [4.69, 9.17) is 22.1 Å². The predicted molar refractivity (Wildman–Crippen MR) is 75.3 cm³/mol. The molecule has 0 fully saturated rings. The lowest BCUT2D eigenvalue weighted by Crippen LogP contribution is -2.37. The van der Waals surface area contributed by atoms with Crippen LogP contribution in [0.1, 0.15) is 13.8 Å². The van der Waals surface area contributed by atoms with Crippen molar-refractivity contribution in [3.8, 4) is 0 Å². The van der Waals surface area contributed by atoms with Crippen molar-refractivity contribution in [3.05, 3.63) is 29.3 Å². The average Bonchev–Trinajstić information content (AvgIpc) is 2.73. The molecule has 5 heteroatoms. The molecule has 2 N–H and O–H groups in total. The third kappa shape index (κ3) is 3.07. The summed E-state index contributed by atoms with van der Waals surface area (Å²) in [5, 5.41) is 0.744. The van der Waals surface area contributed by atoms with Crippen LogP contribution in [0.15, 0.2) is 29.3 Å². The Bertz CT molecular complexity index is 430. The first-order valence-corrected chi connectivity index (χ1v) is 6.42. The molecule has 1 aliphatic heterocycles. The van der Waals surface area contributed by atoms with Crippen molar-refractivity contribution in [2.75, 3.05) is 18.1 Å². The number of rotatable bonds is 4. The van der Waals surface area contributed by atoms with Gasteiger partial charge in [0.2, 0.25) is 0 Å². The average molecular weight is 268 g/mol. The number of benzene rings is 1. The molecule has 0 unspecified atom stereocenters. The van der Waals surface area contributed by atoms with Gasteiger partial charge < -0.3 is 15.4 Å². The highest BCUT2D eigenvalue weighted by Gasteiger charge is 2.21. The molecule has 1 atom stereocenters. The van der Waals surface area contributed by atoms with Gasteiger partial charge >= 0.3 is 0 Å². The number of hydrogen-bond acceptors (Lipinski definition) is 4. The number of ether oxygens (including phenoxy) is 1. The maximum absolute atomic E-state index is 5.91. The minimum absolute atomic E-state index is 0.100. The third-order valence-corrected chi connectivity index (χ3v) is 3.17. The smallest absolute Gasteiger partial charge is 0.282 e. The summed E-state index contributed by atoms with van der Waals surface area (Å²) in [6, 6.07) is 8.60. The molecule has 0 saturated heterocycles. The van der Waals surface area contributed by atoms with Gasteiger partial charge in [-0.3, -0.25) is 0 Å². The van der Waals surface area contributed by atoms with Crippen LogP contribution in [-0.2, 0) is 4.74 Å². The quantitative estimate of drug-likeness (QED) is 0.910. The van der Waals surface area contributed by atoms with Crippen LogP contribution < -0.4 is 10.6 Å². The molecular formula is C13H18ClN3O. The molecule has 0 bridgehead atoms. The maximum Gasteiger partial charge on any atom is 0.282 e. The summed E-state index contributed by atoms with van der Waals surface area (Å²) >= 11 is 5.91. The van der Waals surface area contributed by atoms with E-state index in [0.717, 1.165) is 17.3 Å². The molecule has 98 valence electrons. The molecule has 4 nitrogen and oxygen atoms in total. The van der Waals surface area contributed by atoms with E-state index in [9.17, 15) is 0 Å². The molecule has 1 aromatic rings. The Morgan fingerprint density at radius 3 is 2.61 bits per heavy atom. The van der Waals surface area contributed by atoms with Crippen LogP contribution in [0.25, 0.3) is 0 Å². The summed E-state index contributed by atoms with van der Waals surface area (Å²) in [5.41, 5.74) is 6.66. The van der Waals surface area contributed by atoms with E-state index in [2.05, 4.69) is 23.7 Å². The van der Waals surface area contributed by atoms with Crippen LogP contribution in [-0.4, -0.2) is 31.3 Å². The number of halogens is 1. The van der Waals surface area contributed by atoms with Crippen LogP contribution in [0.5, 0.6) is 0 Å². The Hall–Kier alpha value is -1.42. The number of hydrogen-bond donors (Lipinski definition) is 1. The van der Waals surface area contributed by atoms with Crippen LogP contribution in [0.3, 0.4) is 0 Å². The largest absolute Gasteiger partial charge is 0.463 e. The highest BCUT2D eigenvalue weighted by molar-refractivity contribution is 6.30. The summed E-state index contributed by atoms with van der Waals surface area (Å²) in [7, 11) is 0. The number of nitrogens with zero attached hydrogens (tertiary/aromatic N) is 2. The lowest BCUT2D eigenvalue weighted by molar-refractivity contribution is 0.312. The van der Waals surface area contributed by atoms with Gasteiger partial charge in [-0.1, -0.05) is 11.6 Å². The Labute approximate surface area is 112 Å². The number of anilines is 1. The summed E-state index contributed by atoms with van der Waals surface area (Å²) in [6.45, 7) is 5.65. The highest BCUT2D eigenvalue weighted by atomic mass is 35.5. The number of aliphatic imine (C=N–C) groups is 1. The molecule has 0 amide bonds. The van der Waals surface area contributed by atoms with E-state index in [1.165, 1.54) is 0 Å². The Kier molecular flexibility index (Phi) is 3.97. The second-order valence-corrected chi connectivity index (χ2v) is 5.09. The molecule has 18 heavy (non-hydrogen) atoms. The van der Waals surface area contributed by atoms with Crippen LogP contribution >= 0.6 is 11.6 Å². The first-order chi connectivity index (χ1) is 8.56. The van der Waals surface area contributed by atoms with E-state index in [-0.39, 0.29) is 6.04 Å². The van der Waals surface area contributed by atoms with Gasteiger partial charge in [-0.2, -0.15) is 0 Å². The van der Waals surface area contributed by atoms with Gasteiger partial charge in [-0.05, 0) is 38.1 Å². The molecule has 0 aromatic heterocycles. The Balaban J connectivity index is 2.11. The fourth-order valence-corrected chi connectivity index (χ4v) is 2.13. The van der Waals surface area contributed by atoms with Crippen LogP contribution in [0.2, 0.25) is 5.02 Å². The zero-order chi connectivity index (χ0) is 13.1. The predicted octanol–water partition coefficient (Wildman–Crippen LogP) is 2.27. The molecular weight excluding hydrogens is 250 g/mol. The van der Waals surface area contributed by atoms with Gasteiger partial charge in [0.1, 0.15) is 12.6 Å². The van der Waals surface area contributed by atoms with E-state index in [0.29, 0.717) is 18.7 Å². The highest BCUT2D eigenvalue weighted by Crippen LogP contribution is 2.21. The Morgan fingerprint density at radius 1 is 1.44 bits per heavy atom. The monoisotopic (exact) mass is 267 g/mol. The van der Waals surface area contributed by atoms with Gasteiger partial charge in [0.15, 0.2) is 0 Å². The number of amidine groups is 1. The van der Waals surface area contributed by atoms with Crippen molar-refractivity contribution in [2.45, 2.75) is 25.9 Å². The maximum atomic E-state index is 5.91. The van der Waals surface area contributed by atoms with E-state index in [1.807, 2.05) is 24.3 Å². The van der Waals surface area contributed by atoms with E-state index in [1.54, 1.807) is 0 Å². The molecule has 0 saturated carbocycles. The second-order valence-electron chi connectivity index (χ2n) is 4.65. The van der Waals surface area contributed by atoms with Crippen LogP contribution in [0.4, 0.5) is 5.69 Å². The summed E-state index contributed by atoms with van der Waals surface area (Å²) in [5.74, 6) is 0. The van der Waals surface area contributed by atoms with Crippen molar-refractivity contribution >= 4 is 23.3 Å².